The Balaban J connectivity index is 1.38. The second kappa shape index (κ2) is 8.41. The van der Waals surface area contributed by atoms with E-state index >= 15 is 0 Å². The lowest BCUT2D eigenvalue weighted by molar-refractivity contribution is -0.126. The van der Waals surface area contributed by atoms with Crippen molar-refractivity contribution in [1.29, 1.82) is 5.26 Å². The van der Waals surface area contributed by atoms with Gasteiger partial charge in [-0.2, -0.15) is 5.26 Å². The predicted octanol–water partition coefficient (Wildman–Crippen LogP) is 1.91. The number of nitriles is 1. The molecule has 2 aliphatic rings. The molecule has 0 N–H and O–H groups in total. The number of carbonyl (C=O) groups is 2. The Kier molecular flexibility index (Phi) is 5.54. The fourth-order valence-corrected chi connectivity index (χ4v) is 4.04. The van der Waals surface area contributed by atoms with Crippen LogP contribution in [0, 0.1) is 11.3 Å². The van der Waals surface area contributed by atoms with Crippen molar-refractivity contribution < 1.29 is 9.59 Å². The standard InChI is InChI=1S/C22H23N5O2/c23-15-17-8-9-19(24-16-17)21(28)26-13-11-25(12-14-26)20-7-4-10-27(22(20)29)18-5-2-1-3-6-18/h1-3,5-6,8-9,16,20H,4,7,10-14H2. The SMILES string of the molecule is N#Cc1ccc(C(=O)N2CCN(C3CCCN(c4ccccc4)C3=O)CC2)nc1. The quantitative estimate of drug-likeness (QED) is 0.801. The van der Waals surface area contributed by atoms with Crippen molar-refractivity contribution in [3.8, 4) is 6.07 Å². The van der Waals surface area contributed by atoms with Crippen LogP contribution in [0.1, 0.15) is 28.9 Å². The third-order valence-electron chi connectivity index (χ3n) is 5.63. The van der Waals surface area contributed by atoms with Gasteiger partial charge in [-0.25, -0.2) is 4.98 Å². The van der Waals surface area contributed by atoms with Crippen molar-refractivity contribution >= 4 is 17.5 Å². The summed E-state index contributed by atoms with van der Waals surface area (Å²) in [5, 5.41) is 8.86. The molecule has 3 heterocycles. The molecule has 0 radical (unpaired) electrons. The van der Waals surface area contributed by atoms with E-state index in [4.69, 9.17) is 5.26 Å². The van der Waals surface area contributed by atoms with Gasteiger partial charge in [-0.15, -0.1) is 0 Å². The molecule has 1 atom stereocenters. The molecule has 2 amide bonds. The summed E-state index contributed by atoms with van der Waals surface area (Å²) in [6.45, 7) is 3.22. The van der Waals surface area contributed by atoms with Gasteiger partial charge in [0.2, 0.25) is 5.91 Å². The van der Waals surface area contributed by atoms with Crippen LogP contribution in [0.4, 0.5) is 5.69 Å². The number of anilines is 1. The van der Waals surface area contributed by atoms with Crippen molar-refractivity contribution in [2.24, 2.45) is 0 Å². The van der Waals surface area contributed by atoms with E-state index in [9.17, 15) is 9.59 Å². The van der Waals surface area contributed by atoms with E-state index in [1.807, 2.05) is 41.3 Å². The highest BCUT2D eigenvalue weighted by atomic mass is 16.2. The third kappa shape index (κ3) is 3.98. The minimum atomic E-state index is -0.130. The number of aromatic nitrogens is 1. The molecule has 2 aromatic rings. The first-order valence-corrected chi connectivity index (χ1v) is 9.93. The maximum absolute atomic E-state index is 13.1. The molecule has 2 aliphatic heterocycles. The molecule has 1 aromatic carbocycles. The lowest BCUT2D eigenvalue weighted by Gasteiger charge is -2.42. The van der Waals surface area contributed by atoms with Gasteiger partial charge in [-0.05, 0) is 37.1 Å². The number of carbonyl (C=O) groups excluding carboxylic acids is 2. The van der Waals surface area contributed by atoms with E-state index in [1.165, 1.54) is 6.20 Å². The van der Waals surface area contributed by atoms with E-state index in [0.717, 1.165) is 25.1 Å². The highest BCUT2D eigenvalue weighted by Gasteiger charge is 2.36. The van der Waals surface area contributed by atoms with Gasteiger partial charge >= 0.3 is 0 Å². The highest BCUT2D eigenvalue weighted by molar-refractivity contribution is 5.98. The molecule has 0 spiro atoms. The van der Waals surface area contributed by atoms with Crippen LogP contribution in [0.3, 0.4) is 0 Å². The zero-order valence-electron chi connectivity index (χ0n) is 16.2. The summed E-state index contributed by atoms with van der Waals surface area (Å²) in [4.78, 5) is 35.7. The second-order valence-corrected chi connectivity index (χ2v) is 7.36. The fourth-order valence-electron chi connectivity index (χ4n) is 4.04. The summed E-state index contributed by atoms with van der Waals surface area (Å²) in [7, 11) is 0. The molecular weight excluding hydrogens is 366 g/mol. The average Bonchev–Trinajstić information content (AvgIpc) is 2.79. The number of piperidine rings is 1. The van der Waals surface area contributed by atoms with Crippen molar-refractivity contribution in [2.75, 3.05) is 37.6 Å². The Bertz CT molecular complexity index is 914. The number of pyridine rings is 1. The summed E-state index contributed by atoms with van der Waals surface area (Å²) in [5.74, 6) is 0.0195. The van der Waals surface area contributed by atoms with Gasteiger partial charge in [0, 0.05) is 44.6 Å². The maximum Gasteiger partial charge on any atom is 0.272 e. The number of para-hydroxylation sites is 1. The predicted molar refractivity (Wildman–Crippen MR) is 108 cm³/mol. The first-order valence-electron chi connectivity index (χ1n) is 9.93. The van der Waals surface area contributed by atoms with Crippen molar-refractivity contribution in [1.82, 2.24) is 14.8 Å². The minimum Gasteiger partial charge on any atom is -0.335 e. The zero-order valence-corrected chi connectivity index (χ0v) is 16.2. The van der Waals surface area contributed by atoms with Crippen molar-refractivity contribution in [3.63, 3.8) is 0 Å². The first-order chi connectivity index (χ1) is 14.2. The van der Waals surface area contributed by atoms with Gasteiger partial charge in [0.1, 0.15) is 11.8 Å². The van der Waals surface area contributed by atoms with Crippen molar-refractivity contribution in [2.45, 2.75) is 18.9 Å². The van der Waals surface area contributed by atoms with Gasteiger partial charge < -0.3 is 9.80 Å². The first kappa shape index (κ1) is 19.1. The average molecular weight is 389 g/mol. The molecule has 2 saturated heterocycles. The third-order valence-corrected chi connectivity index (χ3v) is 5.63. The van der Waals surface area contributed by atoms with Crippen LogP contribution in [-0.2, 0) is 4.79 Å². The Morgan fingerprint density at radius 1 is 1.03 bits per heavy atom. The minimum absolute atomic E-state index is 0.130. The van der Waals surface area contributed by atoms with Crippen LogP contribution in [-0.4, -0.2) is 65.4 Å². The molecule has 4 rings (SSSR count). The Morgan fingerprint density at radius 3 is 2.45 bits per heavy atom. The van der Waals surface area contributed by atoms with Crippen LogP contribution in [0.2, 0.25) is 0 Å². The smallest absolute Gasteiger partial charge is 0.272 e. The number of benzene rings is 1. The summed E-state index contributed by atoms with van der Waals surface area (Å²) in [6, 6.07) is 14.9. The fraction of sp³-hybridized carbons (Fsp3) is 0.364. The molecule has 1 aromatic heterocycles. The summed E-state index contributed by atoms with van der Waals surface area (Å²) in [5.41, 5.74) is 1.73. The summed E-state index contributed by atoms with van der Waals surface area (Å²) < 4.78 is 0. The molecule has 0 aliphatic carbocycles. The molecule has 148 valence electrons. The topological polar surface area (TPSA) is 80.5 Å². The van der Waals surface area contributed by atoms with E-state index in [-0.39, 0.29) is 17.9 Å². The Morgan fingerprint density at radius 2 is 1.79 bits per heavy atom. The van der Waals surface area contributed by atoms with Crippen LogP contribution >= 0.6 is 0 Å². The number of nitrogens with zero attached hydrogens (tertiary/aromatic N) is 5. The number of piperazine rings is 1. The highest BCUT2D eigenvalue weighted by Crippen LogP contribution is 2.24. The largest absolute Gasteiger partial charge is 0.335 e. The normalized spacial score (nSPS) is 20.4. The summed E-state index contributed by atoms with van der Waals surface area (Å²) >= 11 is 0. The van der Waals surface area contributed by atoms with Gasteiger partial charge in [0.05, 0.1) is 11.6 Å². The molecule has 2 fully saturated rings. The number of hydrogen-bond donors (Lipinski definition) is 0. The molecule has 0 saturated carbocycles. The van der Waals surface area contributed by atoms with Gasteiger partial charge in [-0.1, -0.05) is 18.2 Å². The van der Waals surface area contributed by atoms with E-state index < -0.39 is 0 Å². The maximum atomic E-state index is 13.1. The number of hydrogen-bond acceptors (Lipinski definition) is 5. The van der Waals surface area contributed by atoms with Crippen LogP contribution in [0.25, 0.3) is 0 Å². The summed E-state index contributed by atoms with van der Waals surface area (Å²) in [6.07, 6.45) is 3.25. The lowest BCUT2D eigenvalue weighted by Crippen LogP contribution is -2.58. The zero-order chi connectivity index (χ0) is 20.2. The molecule has 29 heavy (non-hydrogen) atoms. The van der Waals surface area contributed by atoms with Crippen LogP contribution < -0.4 is 4.90 Å². The lowest BCUT2D eigenvalue weighted by atomic mass is 10.0. The molecule has 7 nitrogen and oxygen atoms in total. The van der Waals surface area contributed by atoms with Gasteiger partial charge in [0.15, 0.2) is 0 Å². The van der Waals surface area contributed by atoms with Gasteiger partial charge in [0.25, 0.3) is 5.91 Å². The number of amides is 2. The number of rotatable bonds is 3. The van der Waals surface area contributed by atoms with Gasteiger partial charge in [-0.3, -0.25) is 14.5 Å². The Labute approximate surface area is 170 Å². The van der Waals surface area contributed by atoms with Crippen LogP contribution in [0.15, 0.2) is 48.7 Å². The molecule has 0 bridgehead atoms. The van der Waals surface area contributed by atoms with E-state index in [1.54, 1.807) is 17.0 Å². The van der Waals surface area contributed by atoms with Crippen LogP contribution in [0.5, 0.6) is 0 Å². The van der Waals surface area contributed by atoms with E-state index in [2.05, 4.69) is 9.88 Å². The second-order valence-electron chi connectivity index (χ2n) is 7.36. The van der Waals surface area contributed by atoms with Crippen molar-refractivity contribution in [3.05, 3.63) is 59.9 Å². The molecule has 7 heteroatoms. The molecule has 1 unspecified atom stereocenters. The monoisotopic (exact) mass is 389 g/mol. The Hall–Kier alpha value is -3.24. The van der Waals surface area contributed by atoms with E-state index in [0.29, 0.717) is 37.4 Å². The molecular formula is C22H23N5O2.